The lowest BCUT2D eigenvalue weighted by molar-refractivity contribution is -0.189. The van der Waals surface area contributed by atoms with Crippen LogP contribution in [0.15, 0.2) is 0 Å². The van der Waals surface area contributed by atoms with Crippen molar-refractivity contribution in [2.75, 3.05) is 26.3 Å². The van der Waals surface area contributed by atoms with E-state index < -0.39 is 12.1 Å². The first-order valence-electron chi connectivity index (χ1n) is 6.41. The molecule has 0 bridgehead atoms. The molecule has 2 heterocycles. The number of amides is 1. The van der Waals surface area contributed by atoms with E-state index in [2.05, 4.69) is 0 Å². The zero-order valence-corrected chi connectivity index (χ0v) is 10.2. The highest BCUT2D eigenvalue weighted by Gasteiger charge is 2.43. The molecule has 2 aliphatic heterocycles. The van der Waals surface area contributed by atoms with Crippen LogP contribution in [0.5, 0.6) is 0 Å². The Morgan fingerprint density at radius 3 is 2.44 bits per heavy atom. The predicted octanol–water partition coefficient (Wildman–Crippen LogP) is 2.21. The minimum atomic E-state index is -4.19. The van der Waals surface area contributed by atoms with Gasteiger partial charge in [0.25, 0.3) is 0 Å². The SMILES string of the molecule is O=C(C1CCOCC1)N1CCC[C@@H](C(F)(F)F)C1. The second-order valence-electron chi connectivity index (χ2n) is 5.05. The molecular weight excluding hydrogens is 247 g/mol. The standard InChI is InChI=1S/C12H18F3NO2/c13-12(14,15)10-2-1-5-16(8-10)11(17)9-3-6-18-7-4-9/h9-10H,1-8H2/t10-/m1/s1. The van der Waals surface area contributed by atoms with Gasteiger partial charge in [0.05, 0.1) is 5.92 Å². The molecule has 0 unspecified atom stereocenters. The molecule has 3 nitrogen and oxygen atoms in total. The number of alkyl halides is 3. The summed E-state index contributed by atoms with van der Waals surface area (Å²) in [6.45, 7) is 1.36. The number of rotatable bonds is 1. The summed E-state index contributed by atoms with van der Waals surface area (Å²) in [5.41, 5.74) is 0. The Balaban J connectivity index is 1.93. The fourth-order valence-corrected chi connectivity index (χ4v) is 2.65. The normalized spacial score (nSPS) is 27.3. The van der Waals surface area contributed by atoms with Gasteiger partial charge in [0.15, 0.2) is 0 Å². The number of carbonyl (C=O) groups is 1. The van der Waals surface area contributed by atoms with Gasteiger partial charge in [0.1, 0.15) is 0 Å². The Morgan fingerprint density at radius 2 is 1.83 bits per heavy atom. The summed E-state index contributed by atoms with van der Waals surface area (Å²) in [7, 11) is 0. The summed E-state index contributed by atoms with van der Waals surface area (Å²) in [4.78, 5) is 13.5. The van der Waals surface area contributed by atoms with Gasteiger partial charge in [0.2, 0.25) is 5.91 Å². The van der Waals surface area contributed by atoms with Gasteiger partial charge in [-0.25, -0.2) is 0 Å². The third-order valence-corrected chi connectivity index (χ3v) is 3.77. The van der Waals surface area contributed by atoms with Crippen molar-refractivity contribution in [2.24, 2.45) is 11.8 Å². The molecule has 18 heavy (non-hydrogen) atoms. The van der Waals surface area contributed by atoms with Crippen LogP contribution in [0.1, 0.15) is 25.7 Å². The van der Waals surface area contributed by atoms with E-state index in [1.54, 1.807) is 0 Å². The first-order chi connectivity index (χ1) is 8.48. The van der Waals surface area contributed by atoms with E-state index in [4.69, 9.17) is 4.74 Å². The largest absolute Gasteiger partial charge is 0.393 e. The molecule has 2 saturated heterocycles. The van der Waals surface area contributed by atoms with Gasteiger partial charge >= 0.3 is 6.18 Å². The minimum Gasteiger partial charge on any atom is -0.381 e. The van der Waals surface area contributed by atoms with Crippen molar-refractivity contribution in [1.29, 1.82) is 0 Å². The van der Waals surface area contributed by atoms with Crippen LogP contribution in [-0.4, -0.2) is 43.3 Å². The Hall–Kier alpha value is -0.780. The number of ether oxygens (including phenoxy) is 1. The number of likely N-dealkylation sites (tertiary alicyclic amines) is 1. The van der Waals surface area contributed by atoms with Gasteiger partial charge < -0.3 is 9.64 Å². The highest BCUT2D eigenvalue weighted by molar-refractivity contribution is 5.79. The highest BCUT2D eigenvalue weighted by Crippen LogP contribution is 2.34. The average molecular weight is 265 g/mol. The molecule has 2 fully saturated rings. The topological polar surface area (TPSA) is 29.5 Å². The zero-order valence-electron chi connectivity index (χ0n) is 10.2. The molecule has 0 N–H and O–H groups in total. The number of halogens is 3. The lowest BCUT2D eigenvalue weighted by atomic mass is 9.93. The molecule has 1 amide bonds. The summed E-state index contributed by atoms with van der Waals surface area (Å²) < 4.78 is 43.1. The molecule has 0 radical (unpaired) electrons. The molecule has 2 rings (SSSR count). The second-order valence-corrected chi connectivity index (χ2v) is 5.05. The average Bonchev–Trinajstić information content (AvgIpc) is 2.38. The van der Waals surface area contributed by atoms with Crippen molar-refractivity contribution in [3.63, 3.8) is 0 Å². The molecule has 104 valence electrons. The molecule has 0 aliphatic carbocycles. The fraction of sp³-hybridized carbons (Fsp3) is 0.917. The quantitative estimate of drug-likeness (QED) is 0.727. The summed E-state index contributed by atoms with van der Waals surface area (Å²) in [5, 5.41) is 0. The van der Waals surface area contributed by atoms with Crippen LogP contribution in [0, 0.1) is 11.8 Å². The van der Waals surface area contributed by atoms with Gasteiger partial charge in [-0.05, 0) is 25.7 Å². The maximum atomic E-state index is 12.7. The van der Waals surface area contributed by atoms with Gasteiger partial charge in [-0.1, -0.05) is 0 Å². The van der Waals surface area contributed by atoms with Crippen LogP contribution in [0.4, 0.5) is 13.2 Å². The zero-order chi connectivity index (χ0) is 13.2. The summed E-state index contributed by atoms with van der Waals surface area (Å²) >= 11 is 0. The third-order valence-electron chi connectivity index (χ3n) is 3.77. The van der Waals surface area contributed by atoms with E-state index in [0.29, 0.717) is 39.0 Å². The van der Waals surface area contributed by atoms with E-state index in [1.807, 2.05) is 0 Å². The molecule has 0 saturated carbocycles. The maximum Gasteiger partial charge on any atom is 0.393 e. The lowest BCUT2D eigenvalue weighted by Crippen LogP contribution is -2.47. The summed E-state index contributed by atoms with van der Waals surface area (Å²) in [6, 6.07) is 0. The van der Waals surface area contributed by atoms with Crippen molar-refractivity contribution >= 4 is 5.91 Å². The Morgan fingerprint density at radius 1 is 1.17 bits per heavy atom. The van der Waals surface area contributed by atoms with E-state index in [0.717, 1.165) is 0 Å². The first kappa shape index (κ1) is 13.6. The Labute approximate surface area is 104 Å². The van der Waals surface area contributed by atoms with Crippen molar-refractivity contribution in [1.82, 2.24) is 4.90 Å². The third kappa shape index (κ3) is 3.16. The van der Waals surface area contributed by atoms with E-state index >= 15 is 0 Å². The monoisotopic (exact) mass is 265 g/mol. The molecule has 1 atom stereocenters. The summed E-state index contributed by atoms with van der Waals surface area (Å²) in [6.07, 6.45) is -2.34. The number of hydrogen-bond acceptors (Lipinski definition) is 2. The molecule has 6 heteroatoms. The van der Waals surface area contributed by atoms with Crippen LogP contribution >= 0.6 is 0 Å². The highest BCUT2D eigenvalue weighted by atomic mass is 19.4. The predicted molar refractivity (Wildman–Crippen MR) is 58.9 cm³/mol. The summed E-state index contributed by atoms with van der Waals surface area (Å²) in [5.74, 6) is -1.62. The first-order valence-corrected chi connectivity index (χ1v) is 6.41. The Bertz CT molecular complexity index is 300. The second kappa shape index (κ2) is 5.47. The molecule has 0 aromatic rings. The van der Waals surface area contributed by atoms with Crippen LogP contribution < -0.4 is 0 Å². The number of nitrogens with zero attached hydrogens (tertiary/aromatic N) is 1. The van der Waals surface area contributed by atoms with Crippen LogP contribution in [-0.2, 0) is 9.53 Å². The van der Waals surface area contributed by atoms with Gasteiger partial charge in [-0.2, -0.15) is 13.2 Å². The van der Waals surface area contributed by atoms with Crippen LogP contribution in [0.3, 0.4) is 0 Å². The fourth-order valence-electron chi connectivity index (χ4n) is 2.65. The van der Waals surface area contributed by atoms with Crippen LogP contribution in [0.25, 0.3) is 0 Å². The number of hydrogen-bond donors (Lipinski definition) is 0. The smallest absolute Gasteiger partial charge is 0.381 e. The molecule has 0 spiro atoms. The van der Waals surface area contributed by atoms with E-state index in [1.165, 1.54) is 4.90 Å². The maximum absolute atomic E-state index is 12.7. The van der Waals surface area contributed by atoms with E-state index in [9.17, 15) is 18.0 Å². The van der Waals surface area contributed by atoms with Crippen molar-refractivity contribution in [3.8, 4) is 0 Å². The van der Waals surface area contributed by atoms with Gasteiger partial charge in [-0.15, -0.1) is 0 Å². The molecule has 2 aliphatic rings. The number of carbonyl (C=O) groups excluding carboxylic acids is 1. The van der Waals surface area contributed by atoms with Gasteiger partial charge in [0, 0.05) is 32.2 Å². The minimum absolute atomic E-state index is 0.118. The number of piperidine rings is 1. The Kier molecular flexibility index (Phi) is 4.14. The molecular formula is C12H18F3NO2. The van der Waals surface area contributed by atoms with Crippen molar-refractivity contribution < 1.29 is 22.7 Å². The van der Waals surface area contributed by atoms with Gasteiger partial charge in [-0.3, -0.25) is 4.79 Å². The van der Waals surface area contributed by atoms with Crippen LogP contribution in [0.2, 0.25) is 0 Å². The van der Waals surface area contributed by atoms with Crippen molar-refractivity contribution in [2.45, 2.75) is 31.9 Å². The molecule has 0 aromatic heterocycles. The molecule has 0 aromatic carbocycles. The van der Waals surface area contributed by atoms with E-state index in [-0.39, 0.29) is 24.8 Å². The lowest BCUT2D eigenvalue weighted by Gasteiger charge is -2.36. The van der Waals surface area contributed by atoms with Crippen molar-refractivity contribution in [3.05, 3.63) is 0 Å².